The van der Waals surface area contributed by atoms with E-state index in [1.165, 1.54) is 28.5 Å². The second-order valence-corrected chi connectivity index (χ2v) is 5.99. The summed E-state index contributed by atoms with van der Waals surface area (Å²) in [7, 11) is 0. The Morgan fingerprint density at radius 3 is 2.82 bits per heavy atom. The molecule has 94 valence electrons. The van der Waals surface area contributed by atoms with Crippen molar-refractivity contribution in [2.24, 2.45) is 0 Å². The predicted molar refractivity (Wildman–Crippen MR) is 81.1 cm³/mol. The molecule has 1 atom stereocenters. The van der Waals surface area contributed by atoms with Crippen molar-refractivity contribution >= 4 is 22.6 Å². The van der Waals surface area contributed by atoms with E-state index in [0.717, 1.165) is 19.6 Å². The van der Waals surface area contributed by atoms with Gasteiger partial charge in [0.05, 0.1) is 0 Å². The molecule has 1 aromatic carbocycles. The van der Waals surface area contributed by atoms with Gasteiger partial charge in [-0.15, -0.1) is 0 Å². The molecule has 1 fully saturated rings. The standard InChI is InChI=1S/C14H21IN2/c1-2-3-14-10-16-8-9-17(14)11-12-4-6-13(15)7-5-12/h4-7,14,16H,2-3,8-11H2,1H3. The van der Waals surface area contributed by atoms with Gasteiger partial charge in [-0.2, -0.15) is 0 Å². The Labute approximate surface area is 118 Å². The Bertz CT molecular complexity index is 335. The molecule has 17 heavy (non-hydrogen) atoms. The van der Waals surface area contributed by atoms with Crippen LogP contribution in [0.5, 0.6) is 0 Å². The van der Waals surface area contributed by atoms with Crippen LogP contribution in [0.25, 0.3) is 0 Å². The number of nitrogens with one attached hydrogen (secondary N) is 1. The highest BCUT2D eigenvalue weighted by molar-refractivity contribution is 14.1. The van der Waals surface area contributed by atoms with E-state index >= 15 is 0 Å². The van der Waals surface area contributed by atoms with E-state index in [2.05, 4.69) is 64.0 Å². The summed E-state index contributed by atoms with van der Waals surface area (Å²) < 4.78 is 1.32. The van der Waals surface area contributed by atoms with Crippen molar-refractivity contribution < 1.29 is 0 Å². The van der Waals surface area contributed by atoms with Crippen molar-refractivity contribution in [1.82, 2.24) is 10.2 Å². The highest BCUT2D eigenvalue weighted by Gasteiger charge is 2.20. The monoisotopic (exact) mass is 344 g/mol. The molecule has 0 radical (unpaired) electrons. The summed E-state index contributed by atoms with van der Waals surface area (Å²) in [5.41, 5.74) is 1.44. The van der Waals surface area contributed by atoms with Gasteiger partial charge in [0.2, 0.25) is 0 Å². The average molecular weight is 344 g/mol. The quantitative estimate of drug-likeness (QED) is 0.845. The highest BCUT2D eigenvalue weighted by atomic mass is 127. The van der Waals surface area contributed by atoms with Crippen molar-refractivity contribution in [2.75, 3.05) is 19.6 Å². The second kappa shape index (κ2) is 6.71. The average Bonchev–Trinajstić information content (AvgIpc) is 2.35. The summed E-state index contributed by atoms with van der Waals surface area (Å²) in [6, 6.07) is 9.63. The number of hydrogen-bond donors (Lipinski definition) is 1. The molecule has 0 bridgehead atoms. The largest absolute Gasteiger partial charge is 0.314 e. The van der Waals surface area contributed by atoms with Gasteiger partial charge in [0.15, 0.2) is 0 Å². The van der Waals surface area contributed by atoms with E-state index in [0.29, 0.717) is 6.04 Å². The van der Waals surface area contributed by atoms with E-state index < -0.39 is 0 Å². The van der Waals surface area contributed by atoms with Crippen LogP contribution in [0.1, 0.15) is 25.3 Å². The molecule has 0 spiro atoms. The summed E-state index contributed by atoms with van der Waals surface area (Å²) in [5, 5.41) is 3.50. The number of piperazine rings is 1. The zero-order valence-corrected chi connectivity index (χ0v) is 12.6. The fourth-order valence-corrected chi connectivity index (χ4v) is 2.81. The number of nitrogens with zero attached hydrogens (tertiary/aromatic N) is 1. The molecule has 1 saturated heterocycles. The summed E-state index contributed by atoms with van der Waals surface area (Å²) >= 11 is 2.36. The topological polar surface area (TPSA) is 15.3 Å². The first-order valence-electron chi connectivity index (χ1n) is 6.49. The number of rotatable bonds is 4. The summed E-state index contributed by atoms with van der Waals surface area (Å²) in [6.45, 7) is 6.83. The predicted octanol–water partition coefficient (Wildman–Crippen LogP) is 2.87. The molecule has 1 heterocycles. The molecule has 1 aromatic rings. The van der Waals surface area contributed by atoms with Gasteiger partial charge < -0.3 is 5.32 Å². The first-order valence-corrected chi connectivity index (χ1v) is 7.56. The van der Waals surface area contributed by atoms with E-state index in [1.54, 1.807) is 0 Å². The number of halogens is 1. The first kappa shape index (κ1) is 13.3. The van der Waals surface area contributed by atoms with Crippen molar-refractivity contribution in [2.45, 2.75) is 32.4 Å². The number of hydrogen-bond acceptors (Lipinski definition) is 2. The van der Waals surface area contributed by atoms with Crippen LogP contribution in [0.3, 0.4) is 0 Å². The van der Waals surface area contributed by atoms with Crippen molar-refractivity contribution in [3.05, 3.63) is 33.4 Å². The molecule has 1 unspecified atom stereocenters. The Balaban J connectivity index is 1.97. The Morgan fingerprint density at radius 1 is 1.35 bits per heavy atom. The van der Waals surface area contributed by atoms with Crippen LogP contribution in [-0.4, -0.2) is 30.6 Å². The smallest absolute Gasteiger partial charge is 0.0237 e. The lowest BCUT2D eigenvalue weighted by Gasteiger charge is -2.36. The Morgan fingerprint density at radius 2 is 2.12 bits per heavy atom. The third-order valence-corrected chi connectivity index (χ3v) is 4.11. The van der Waals surface area contributed by atoms with Crippen molar-refractivity contribution in [1.29, 1.82) is 0 Å². The van der Waals surface area contributed by atoms with Gasteiger partial charge in [-0.05, 0) is 46.7 Å². The van der Waals surface area contributed by atoms with Crippen LogP contribution in [0.15, 0.2) is 24.3 Å². The maximum Gasteiger partial charge on any atom is 0.0237 e. The van der Waals surface area contributed by atoms with Crippen LogP contribution in [0.4, 0.5) is 0 Å². The zero-order valence-electron chi connectivity index (χ0n) is 10.5. The Kier molecular flexibility index (Phi) is 5.25. The molecule has 1 aliphatic heterocycles. The summed E-state index contributed by atoms with van der Waals surface area (Å²) in [6.07, 6.45) is 2.58. The minimum Gasteiger partial charge on any atom is -0.314 e. The van der Waals surface area contributed by atoms with Crippen molar-refractivity contribution in [3.63, 3.8) is 0 Å². The molecule has 0 amide bonds. The van der Waals surface area contributed by atoms with Gasteiger partial charge >= 0.3 is 0 Å². The van der Waals surface area contributed by atoms with Crippen LogP contribution < -0.4 is 5.32 Å². The molecule has 1 aliphatic rings. The molecule has 0 aromatic heterocycles. The first-order chi connectivity index (χ1) is 8.29. The third kappa shape index (κ3) is 3.93. The lowest BCUT2D eigenvalue weighted by molar-refractivity contribution is 0.144. The van der Waals surface area contributed by atoms with Crippen LogP contribution in [0, 0.1) is 3.57 Å². The highest BCUT2D eigenvalue weighted by Crippen LogP contribution is 2.15. The van der Waals surface area contributed by atoms with Crippen LogP contribution in [0.2, 0.25) is 0 Å². The molecule has 1 N–H and O–H groups in total. The van der Waals surface area contributed by atoms with E-state index in [4.69, 9.17) is 0 Å². The van der Waals surface area contributed by atoms with E-state index in [9.17, 15) is 0 Å². The summed E-state index contributed by atoms with van der Waals surface area (Å²) in [5.74, 6) is 0. The minimum atomic E-state index is 0.716. The van der Waals surface area contributed by atoms with Crippen LogP contribution in [-0.2, 0) is 6.54 Å². The van der Waals surface area contributed by atoms with Gasteiger partial charge in [-0.1, -0.05) is 25.5 Å². The maximum absolute atomic E-state index is 3.50. The lowest BCUT2D eigenvalue weighted by atomic mass is 10.1. The lowest BCUT2D eigenvalue weighted by Crippen LogP contribution is -2.50. The SMILES string of the molecule is CCCC1CNCCN1Cc1ccc(I)cc1. The minimum absolute atomic E-state index is 0.716. The summed E-state index contributed by atoms with van der Waals surface area (Å²) in [4.78, 5) is 2.63. The molecule has 0 aliphatic carbocycles. The molecule has 2 nitrogen and oxygen atoms in total. The molecule has 0 saturated carbocycles. The zero-order chi connectivity index (χ0) is 12.1. The van der Waals surface area contributed by atoms with Gasteiger partial charge in [-0.3, -0.25) is 4.90 Å². The van der Waals surface area contributed by atoms with E-state index in [1.807, 2.05) is 0 Å². The fourth-order valence-electron chi connectivity index (χ4n) is 2.45. The van der Waals surface area contributed by atoms with E-state index in [-0.39, 0.29) is 0 Å². The fraction of sp³-hybridized carbons (Fsp3) is 0.571. The molecular formula is C14H21IN2. The number of benzene rings is 1. The van der Waals surface area contributed by atoms with Crippen LogP contribution >= 0.6 is 22.6 Å². The van der Waals surface area contributed by atoms with Gasteiger partial charge in [0.25, 0.3) is 0 Å². The van der Waals surface area contributed by atoms with Gasteiger partial charge in [0, 0.05) is 35.8 Å². The molecular weight excluding hydrogens is 323 g/mol. The molecule has 3 heteroatoms. The van der Waals surface area contributed by atoms with Gasteiger partial charge in [-0.25, -0.2) is 0 Å². The Hall–Kier alpha value is -0.130. The maximum atomic E-state index is 3.50. The van der Waals surface area contributed by atoms with Gasteiger partial charge in [0.1, 0.15) is 0 Å². The normalized spacial score (nSPS) is 21.6. The third-order valence-electron chi connectivity index (χ3n) is 3.39. The van der Waals surface area contributed by atoms with Crippen molar-refractivity contribution in [3.8, 4) is 0 Å². The second-order valence-electron chi connectivity index (χ2n) is 4.74. The molecule has 2 rings (SSSR count).